The molecule has 0 aliphatic carbocycles. The monoisotopic (exact) mass is 354 g/mol. The first-order valence-electron chi connectivity index (χ1n) is 8.45. The summed E-state index contributed by atoms with van der Waals surface area (Å²) in [6, 6.07) is 17.6. The number of hydrogen-bond donors (Lipinski definition) is 0. The molecule has 2 aromatic rings. The van der Waals surface area contributed by atoms with Crippen molar-refractivity contribution in [2.75, 3.05) is 11.5 Å². The van der Waals surface area contributed by atoms with Gasteiger partial charge in [0.25, 0.3) is 0 Å². The smallest absolute Gasteiger partial charge is 0.0145 e. The lowest BCUT2D eigenvalue weighted by Gasteiger charge is -2.08. The zero-order valence-electron chi connectivity index (χ0n) is 15.0. The summed E-state index contributed by atoms with van der Waals surface area (Å²) in [5.41, 5.74) is 5.20. The summed E-state index contributed by atoms with van der Waals surface area (Å²) in [6.45, 7) is 8.68. The minimum atomic E-state index is 1.08. The molecule has 0 fully saturated rings. The van der Waals surface area contributed by atoms with Crippen molar-refractivity contribution in [2.24, 2.45) is 0 Å². The first-order chi connectivity index (χ1) is 11.6. The Bertz CT molecular complexity index is 628. The molecule has 2 heteroatoms. The highest BCUT2D eigenvalue weighted by molar-refractivity contribution is 8.08. The van der Waals surface area contributed by atoms with Gasteiger partial charge in [-0.15, -0.1) is 23.5 Å². The molecule has 0 atom stereocenters. The van der Waals surface area contributed by atoms with E-state index >= 15 is 0 Å². The fourth-order valence-electron chi connectivity index (χ4n) is 2.35. The largest absolute Gasteiger partial charge is 0.126 e. The molecule has 0 unspecified atom stereocenters. The Hall–Kier alpha value is -1.38. The average molecular weight is 355 g/mol. The van der Waals surface area contributed by atoms with Crippen LogP contribution in [0, 0.1) is 13.8 Å². The van der Waals surface area contributed by atoms with E-state index in [1.807, 2.05) is 23.5 Å². The molecule has 0 aromatic heterocycles. The van der Waals surface area contributed by atoms with Gasteiger partial charge < -0.3 is 0 Å². The molecule has 2 aromatic carbocycles. The molecule has 0 aliphatic heterocycles. The van der Waals surface area contributed by atoms with Crippen molar-refractivity contribution in [1.82, 2.24) is 0 Å². The summed E-state index contributed by atoms with van der Waals surface area (Å²) in [6.07, 6.45) is 4.55. The second kappa shape index (κ2) is 9.80. The number of thioether (sulfide) groups is 2. The van der Waals surface area contributed by atoms with Gasteiger partial charge in [-0.05, 0) is 48.6 Å². The number of rotatable bonds is 7. The lowest BCUT2D eigenvalue weighted by Crippen LogP contribution is -1.84. The van der Waals surface area contributed by atoms with Crippen LogP contribution < -0.4 is 0 Å². The Morgan fingerprint density at radius 2 is 1.00 bits per heavy atom. The molecule has 0 spiro atoms. The van der Waals surface area contributed by atoms with Crippen LogP contribution in [0.25, 0.3) is 9.81 Å². The number of aryl methyl sites for hydroxylation is 2. The van der Waals surface area contributed by atoms with Crippen LogP contribution in [0.15, 0.2) is 60.7 Å². The van der Waals surface area contributed by atoms with E-state index in [0.29, 0.717) is 0 Å². The second-order valence-corrected chi connectivity index (χ2v) is 8.27. The Morgan fingerprint density at radius 3 is 1.29 bits per heavy atom. The lowest BCUT2D eigenvalue weighted by atomic mass is 10.1. The van der Waals surface area contributed by atoms with E-state index in [1.54, 1.807) is 0 Å². The van der Waals surface area contributed by atoms with E-state index in [9.17, 15) is 0 Å². The summed E-state index contributed by atoms with van der Waals surface area (Å²) in [4.78, 5) is 2.66. The summed E-state index contributed by atoms with van der Waals surface area (Å²) < 4.78 is 0. The maximum atomic E-state index is 2.27. The summed E-state index contributed by atoms with van der Waals surface area (Å²) in [5, 5.41) is 0. The zero-order chi connectivity index (χ0) is 17.4. The van der Waals surface area contributed by atoms with Gasteiger partial charge >= 0.3 is 0 Å². The molecule has 0 radical (unpaired) electrons. The second-order valence-electron chi connectivity index (χ2n) is 5.66. The maximum absolute atomic E-state index is 2.27. The molecular weight excluding hydrogens is 328 g/mol. The van der Waals surface area contributed by atoms with Gasteiger partial charge in [0.05, 0.1) is 0 Å². The van der Waals surface area contributed by atoms with E-state index in [1.165, 1.54) is 32.1 Å². The molecule has 126 valence electrons. The Morgan fingerprint density at radius 1 is 0.667 bits per heavy atom. The number of benzene rings is 2. The molecule has 0 aliphatic rings. The predicted molar refractivity (Wildman–Crippen MR) is 115 cm³/mol. The minimum absolute atomic E-state index is 1.08. The van der Waals surface area contributed by atoms with Crippen molar-refractivity contribution < 1.29 is 0 Å². The third kappa shape index (κ3) is 5.61. The van der Waals surface area contributed by atoms with E-state index < -0.39 is 0 Å². The standard InChI is InChI=1S/C22H26S2/c1-5-23-21(19-11-7-17(3)8-12-19)15-16-22(24-6-2)20-13-9-18(4)10-14-20/h7-16H,5-6H2,1-4H3/b21-15-,22-16-. The predicted octanol–water partition coefficient (Wildman–Crippen LogP) is 7.19. The quantitative estimate of drug-likeness (QED) is 0.482. The van der Waals surface area contributed by atoms with Crippen molar-refractivity contribution in [3.05, 3.63) is 82.9 Å². The molecule has 0 saturated heterocycles. The third-order valence-electron chi connectivity index (χ3n) is 3.66. The average Bonchev–Trinajstić information content (AvgIpc) is 2.59. The van der Waals surface area contributed by atoms with Gasteiger partial charge in [-0.25, -0.2) is 0 Å². The Labute approximate surface area is 155 Å². The van der Waals surface area contributed by atoms with Crippen LogP contribution in [-0.4, -0.2) is 11.5 Å². The normalized spacial score (nSPS) is 12.5. The van der Waals surface area contributed by atoms with Crippen molar-refractivity contribution >= 4 is 33.3 Å². The molecule has 0 nitrogen and oxygen atoms in total. The first-order valence-corrected chi connectivity index (χ1v) is 10.4. The molecule has 0 amide bonds. The third-order valence-corrected chi connectivity index (χ3v) is 5.60. The van der Waals surface area contributed by atoms with Gasteiger partial charge in [0.15, 0.2) is 0 Å². The van der Waals surface area contributed by atoms with Crippen LogP contribution in [0.4, 0.5) is 0 Å². The highest BCUT2D eigenvalue weighted by atomic mass is 32.2. The van der Waals surface area contributed by atoms with Crippen LogP contribution in [0.2, 0.25) is 0 Å². The molecular formula is C22H26S2. The van der Waals surface area contributed by atoms with Crippen LogP contribution in [0.1, 0.15) is 36.1 Å². The van der Waals surface area contributed by atoms with Gasteiger partial charge in [0, 0.05) is 9.81 Å². The van der Waals surface area contributed by atoms with E-state index in [2.05, 4.69) is 88.4 Å². The summed E-state index contributed by atoms with van der Waals surface area (Å²) in [5.74, 6) is 2.16. The fourth-order valence-corrected chi connectivity index (χ4v) is 3.91. The summed E-state index contributed by atoms with van der Waals surface area (Å²) in [7, 11) is 0. The summed E-state index contributed by atoms with van der Waals surface area (Å²) >= 11 is 3.80. The van der Waals surface area contributed by atoms with Crippen molar-refractivity contribution in [1.29, 1.82) is 0 Å². The van der Waals surface area contributed by atoms with Crippen LogP contribution >= 0.6 is 23.5 Å². The molecule has 0 saturated carbocycles. The first kappa shape index (κ1) is 19.0. The topological polar surface area (TPSA) is 0 Å². The zero-order valence-corrected chi connectivity index (χ0v) is 16.6. The van der Waals surface area contributed by atoms with E-state index in [-0.39, 0.29) is 0 Å². The fraction of sp³-hybridized carbons (Fsp3) is 0.273. The minimum Gasteiger partial charge on any atom is -0.126 e. The SMILES string of the molecule is CCS/C(=C\C=C(/SCC)c1ccc(C)cc1)c1ccc(C)cc1. The lowest BCUT2D eigenvalue weighted by molar-refractivity contribution is 1.46. The number of allylic oxidation sites excluding steroid dienone is 2. The van der Waals surface area contributed by atoms with E-state index in [4.69, 9.17) is 0 Å². The van der Waals surface area contributed by atoms with Crippen molar-refractivity contribution in [2.45, 2.75) is 27.7 Å². The van der Waals surface area contributed by atoms with Gasteiger partial charge in [-0.2, -0.15) is 0 Å². The Balaban J connectivity index is 2.35. The highest BCUT2D eigenvalue weighted by Crippen LogP contribution is 2.31. The van der Waals surface area contributed by atoms with Gasteiger partial charge in [0.2, 0.25) is 0 Å². The van der Waals surface area contributed by atoms with Gasteiger partial charge in [0.1, 0.15) is 0 Å². The van der Waals surface area contributed by atoms with E-state index in [0.717, 1.165) is 11.5 Å². The van der Waals surface area contributed by atoms with Crippen LogP contribution in [-0.2, 0) is 0 Å². The molecule has 0 heterocycles. The molecule has 0 N–H and O–H groups in total. The Kier molecular flexibility index (Phi) is 7.74. The van der Waals surface area contributed by atoms with Crippen molar-refractivity contribution in [3.8, 4) is 0 Å². The van der Waals surface area contributed by atoms with Crippen LogP contribution in [0.3, 0.4) is 0 Å². The highest BCUT2D eigenvalue weighted by Gasteiger charge is 2.03. The molecule has 24 heavy (non-hydrogen) atoms. The maximum Gasteiger partial charge on any atom is 0.0145 e. The van der Waals surface area contributed by atoms with Gasteiger partial charge in [-0.3, -0.25) is 0 Å². The number of hydrogen-bond acceptors (Lipinski definition) is 2. The van der Waals surface area contributed by atoms with Crippen molar-refractivity contribution in [3.63, 3.8) is 0 Å². The van der Waals surface area contributed by atoms with Gasteiger partial charge in [-0.1, -0.05) is 73.5 Å². The van der Waals surface area contributed by atoms with Crippen LogP contribution in [0.5, 0.6) is 0 Å². The molecule has 0 bridgehead atoms. The molecule has 2 rings (SSSR count).